The molecule has 1 aromatic rings. The smallest absolute Gasteiger partial charge is 0.230 e. The molecular weight excluding hydrogens is 202 g/mol. The molecule has 0 saturated heterocycles. The zero-order valence-electron chi connectivity index (χ0n) is 9.02. The lowest BCUT2D eigenvalue weighted by atomic mass is 10.0. The first-order valence-electron chi connectivity index (χ1n) is 6.15. The highest BCUT2D eigenvalue weighted by molar-refractivity contribution is 5.93. The van der Waals surface area contributed by atoms with E-state index in [9.17, 15) is 4.79 Å². The second-order valence-corrected chi connectivity index (χ2v) is 5.44. The minimum Gasteiger partial charge on any atom is -0.331 e. The molecule has 0 spiro atoms. The molecule has 3 fully saturated rings. The van der Waals surface area contributed by atoms with E-state index >= 15 is 0 Å². The Morgan fingerprint density at radius 3 is 2.75 bits per heavy atom. The van der Waals surface area contributed by atoms with Gasteiger partial charge < -0.3 is 4.98 Å². The number of aromatic amines is 1. The molecule has 2 bridgehead atoms. The van der Waals surface area contributed by atoms with Crippen molar-refractivity contribution in [1.29, 1.82) is 0 Å². The standard InChI is InChI=1S/C12H15N3O/c16-11(15-12-13-3-4-14-12)10-8-6-1-2-7(5-6)9(8)10/h3-4,6-10H,1-2,5H2,(H2,13,14,15,16). The summed E-state index contributed by atoms with van der Waals surface area (Å²) in [7, 11) is 0. The average molecular weight is 217 g/mol. The SMILES string of the molecule is O=C(Nc1ncc[nH]1)C1C2C3CCC(C3)C12. The maximum Gasteiger partial charge on any atom is 0.230 e. The van der Waals surface area contributed by atoms with Crippen LogP contribution in [0.3, 0.4) is 0 Å². The van der Waals surface area contributed by atoms with Gasteiger partial charge in [-0.2, -0.15) is 0 Å². The highest BCUT2D eigenvalue weighted by atomic mass is 16.2. The molecule has 2 N–H and O–H groups in total. The molecule has 4 unspecified atom stereocenters. The molecule has 4 heteroatoms. The van der Waals surface area contributed by atoms with E-state index in [4.69, 9.17) is 0 Å². The molecule has 0 radical (unpaired) electrons. The van der Waals surface area contributed by atoms with Crippen LogP contribution in [-0.4, -0.2) is 15.9 Å². The first kappa shape index (κ1) is 8.79. The number of carbonyl (C=O) groups is 1. The summed E-state index contributed by atoms with van der Waals surface area (Å²) in [5, 5.41) is 2.88. The van der Waals surface area contributed by atoms with Crippen LogP contribution in [0.25, 0.3) is 0 Å². The van der Waals surface area contributed by atoms with Gasteiger partial charge in [0, 0.05) is 18.3 Å². The van der Waals surface area contributed by atoms with Gasteiger partial charge in [-0.1, -0.05) is 0 Å². The molecule has 0 aromatic carbocycles. The van der Waals surface area contributed by atoms with Gasteiger partial charge in [-0.05, 0) is 42.9 Å². The van der Waals surface area contributed by atoms with E-state index in [1.807, 2.05) is 0 Å². The first-order chi connectivity index (χ1) is 7.84. The Kier molecular flexibility index (Phi) is 1.58. The minimum atomic E-state index is 0.182. The van der Waals surface area contributed by atoms with E-state index in [-0.39, 0.29) is 11.8 Å². The number of hydrogen-bond acceptors (Lipinski definition) is 2. The maximum atomic E-state index is 12.0. The highest BCUT2D eigenvalue weighted by Crippen LogP contribution is 2.69. The maximum absolute atomic E-state index is 12.0. The van der Waals surface area contributed by atoms with Gasteiger partial charge in [0.1, 0.15) is 0 Å². The van der Waals surface area contributed by atoms with Crippen molar-refractivity contribution in [1.82, 2.24) is 9.97 Å². The third-order valence-electron chi connectivity index (χ3n) is 4.78. The van der Waals surface area contributed by atoms with Crippen LogP contribution in [0.15, 0.2) is 12.4 Å². The highest BCUT2D eigenvalue weighted by Gasteiger charge is 2.67. The van der Waals surface area contributed by atoms with Crippen molar-refractivity contribution in [3.05, 3.63) is 12.4 Å². The van der Waals surface area contributed by atoms with Crippen molar-refractivity contribution in [3.8, 4) is 0 Å². The lowest BCUT2D eigenvalue weighted by Crippen LogP contribution is -2.19. The number of nitrogens with zero attached hydrogens (tertiary/aromatic N) is 1. The number of amides is 1. The predicted octanol–water partition coefficient (Wildman–Crippen LogP) is 1.64. The molecule has 1 aromatic heterocycles. The summed E-state index contributed by atoms with van der Waals surface area (Å²) in [6, 6.07) is 0. The monoisotopic (exact) mass is 217 g/mol. The molecule has 1 amide bonds. The second kappa shape index (κ2) is 2.87. The number of carbonyl (C=O) groups excluding carboxylic acids is 1. The van der Waals surface area contributed by atoms with Crippen LogP contribution < -0.4 is 5.32 Å². The van der Waals surface area contributed by atoms with Crippen LogP contribution >= 0.6 is 0 Å². The van der Waals surface area contributed by atoms with Crippen LogP contribution in [0.1, 0.15) is 19.3 Å². The van der Waals surface area contributed by atoms with Crippen molar-refractivity contribution in [2.24, 2.45) is 29.6 Å². The molecule has 0 aliphatic heterocycles. The summed E-state index contributed by atoms with van der Waals surface area (Å²) < 4.78 is 0. The summed E-state index contributed by atoms with van der Waals surface area (Å²) >= 11 is 0. The average Bonchev–Trinajstić information content (AvgIpc) is 2.73. The van der Waals surface area contributed by atoms with E-state index in [0.717, 1.165) is 11.8 Å². The van der Waals surface area contributed by atoms with E-state index in [1.165, 1.54) is 19.3 Å². The van der Waals surface area contributed by atoms with E-state index in [0.29, 0.717) is 17.8 Å². The van der Waals surface area contributed by atoms with Crippen LogP contribution in [0.2, 0.25) is 0 Å². The molecule has 16 heavy (non-hydrogen) atoms. The van der Waals surface area contributed by atoms with Crippen molar-refractivity contribution in [3.63, 3.8) is 0 Å². The molecule has 3 aliphatic rings. The Morgan fingerprint density at radius 2 is 2.12 bits per heavy atom. The Morgan fingerprint density at radius 1 is 1.38 bits per heavy atom. The lowest BCUT2D eigenvalue weighted by molar-refractivity contribution is -0.118. The van der Waals surface area contributed by atoms with Crippen molar-refractivity contribution < 1.29 is 4.79 Å². The number of anilines is 1. The van der Waals surface area contributed by atoms with Gasteiger partial charge in [0.05, 0.1) is 0 Å². The van der Waals surface area contributed by atoms with E-state index in [2.05, 4.69) is 15.3 Å². The molecular formula is C12H15N3O. The fourth-order valence-corrected chi connectivity index (χ4v) is 4.21. The van der Waals surface area contributed by atoms with Crippen molar-refractivity contribution >= 4 is 11.9 Å². The normalized spacial score (nSPS) is 43.1. The fraction of sp³-hybridized carbons (Fsp3) is 0.667. The van der Waals surface area contributed by atoms with Gasteiger partial charge in [0.2, 0.25) is 11.9 Å². The molecule has 1 heterocycles. The Balaban J connectivity index is 1.47. The van der Waals surface area contributed by atoms with Gasteiger partial charge in [-0.3, -0.25) is 10.1 Å². The van der Waals surface area contributed by atoms with Crippen LogP contribution in [0.4, 0.5) is 5.95 Å². The number of fused-ring (bicyclic) bond motifs is 5. The summed E-state index contributed by atoms with van der Waals surface area (Å²) in [5.74, 6) is 4.16. The molecule has 3 aliphatic carbocycles. The zero-order valence-corrected chi connectivity index (χ0v) is 9.02. The predicted molar refractivity (Wildman–Crippen MR) is 58.5 cm³/mol. The second-order valence-electron chi connectivity index (χ2n) is 5.44. The molecule has 3 saturated carbocycles. The largest absolute Gasteiger partial charge is 0.331 e. The number of H-pyrrole nitrogens is 1. The first-order valence-corrected chi connectivity index (χ1v) is 6.15. The summed E-state index contributed by atoms with van der Waals surface area (Å²) in [6.45, 7) is 0. The quantitative estimate of drug-likeness (QED) is 0.791. The van der Waals surface area contributed by atoms with Gasteiger partial charge in [0.25, 0.3) is 0 Å². The third kappa shape index (κ3) is 1.05. The Hall–Kier alpha value is -1.32. The van der Waals surface area contributed by atoms with Crippen LogP contribution in [0, 0.1) is 29.6 Å². The topological polar surface area (TPSA) is 57.8 Å². The Bertz CT molecular complexity index is 411. The number of hydrogen-bond donors (Lipinski definition) is 2. The molecule has 4 atom stereocenters. The minimum absolute atomic E-state index is 0.182. The van der Waals surface area contributed by atoms with Crippen LogP contribution in [0.5, 0.6) is 0 Å². The Labute approximate surface area is 93.8 Å². The summed E-state index contributed by atoms with van der Waals surface area (Å²) in [6.07, 6.45) is 7.49. The van der Waals surface area contributed by atoms with Gasteiger partial charge in [-0.25, -0.2) is 4.98 Å². The summed E-state index contributed by atoms with van der Waals surface area (Å²) in [5.41, 5.74) is 0. The van der Waals surface area contributed by atoms with Crippen molar-refractivity contribution in [2.75, 3.05) is 5.32 Å². The number of aromatic nitrogens is 2. The van der Waals surface area contributed by atoms with Crippen LogP contribution in [-0.2, 0) is 4.79 Å². The van der Waals surface area contributed by atoms with Gasteiger partial charge in [-0.15, -0.1) is 0 Å². The zero-order chi connectivity index (χ0) is 10.7. The molecule has 4 rings (SSSR count). The molecule has 84 valence electrons. The number of nitrogens with one attached hydrogen (secondary N) is 2. The third-order valence-corrected chi connectivity index (χ3v) is 4.78. The van der Waals surface area contributed by atoms with Gasteiger partial charge in [0.15, 0.2) is 0 Å². The van der Waals surface area contributed by atoms with E-state index < -0.39 is 0 Å². The lowest BCUT2D eigenvalue weighted by Gasteiger charge is -2.07. The van der Waals surface area contributed by atoms with Gasteiger partial charge >= 0.3 is 0 Å². The van der Waals surface area contributed by atoms with Crippen molar-refractivity contribution in [2.45, 2.75) is 19.3 Å². The van der Waals surface area contributed by atoms with E-state index in [1.54, 1.807) is 12.4 Å². The molecule has 4 nitrogen and oxygen atoms in total. The number of imidazole rings is 1. The summed E-state index contributed by atoms with van der Waals surface area (Å²) in [4.78, 5) is 19.0. The number of rotatable bonds is 2. The fourth-order valence-electron chi connectivity index (χ4n) is 4.21.